The predicted octanol–water partition coefficient (Wildman–Crippen LogP) is 5.46. The van der Waals surface area contributed by atoms with E-state index in [9.17, 15) is 9.59 Å². The van der Waals surface area contributed by atoms with Crippen molar-refractivity contribution in [1.82, 2.24) is 0 Å². The van der Waals surface area contributed by atoms with Gasteiger partial charge in [0, 0.05) is 10.5 Å². The Bertz CT molecular complexity index is 1320. The second kappa shape index (κ2) is 8.65. The van der Waals surface area contributed by atoms with Crippen molar-refractivity contribution in [2.24, 2.45) is 0 Å². The van der Waals surface area contributed by atoms with Crippen LogP contribution in [-0.2, 0) is 0 Å². The Kier molecular flexibility index (Phi) is 5.77. The molecule has 1 aromatic heterocycles. The zero-order valence-electron chi connectivity index (χ0n) is 16.7. The molecule has 0 unspecified atom stereocenters. The van der Waals surface area contributed by atoms with E-state index < -0.39 is 5.97 Å². The number of esters is 1. The third-order valence-corrected chi connectivity index (χ3v) is 5.26. The standard InChI is InChI=1S/C24H17BrO6/c1-28-20-10-5-15(11-22(20)29-2)19-13-30-21-12-17(8-9-18(21)23(19)26)31-24(27)14-3-6-16(25)7-4-14/h3-13H,1-2H3. The van der Waals surface area contributed by atoms with Crippen LogP contribution in [0.1, 0.15) is 10.4 Å². The summed E-state index contributed by atoms with van der Waals surface area (Å²) in [7, 11) is 3.07. The van der Waals surface area contributed by atoms with Crippen molar-refractivity contribution in [2.75, 3.05) is 14.2 Å². The number of rotatable bonds is 5. The maximum Gasteiger partial charge on any atom is 0.343 e. The third kappa shape index (κ3) is 4.18. The fourth-order valence-electron chi connectivity index (χ4n) is 3.13. The van der Waals surface area contributed by atoms with Crippen molar-refractivity contribution in [3.05, 3.63) is 87.2 Å². The maximum absolute atomic E-state index is 13.0. The van der Waals surface area contributed by atoms with Crippen LogP contribution in [0.15, 0.2) is 80.6 Å². The van der Waals surface area contributed by atoms with Gasteiger partial charge in [0.2, 0.25) is 0 Å². The Balaban J connectivity index is 1.66. The van der Waals surface area contributed by atoms with E-state index in [4.69, 9.17) is 18.6 Å². The quantitative estimate of drug-likeness (QED) is 0.279. The molecule has 1 heterocycles. The Labute approximate surface area is 186 Å². The molecule has 156 valence electrons. The minimum absolute atomic E-state index is 0.209. The zero-order chi connectivity index (χ0) is 22.0. The first-order valence-corrected chi connectivity index (χ1v) is 10.0. The SMILES string of the molecule is COc1ccc(-c2coc3cc(OC(=O)c4ccc(Br)cc4)ccc3c2=O)cc1OC. The molecule has 0 aliphatic carbocycles. The van der Waals surface area contributed by atoms with Crippen molar-refractivity contribution in [3.8, 4) is 28.4 Å². The number of carbonyl (C=O) groups is 1. The summed E-state index contributed by atoms with van der Waals surface area (Å²) in [6.07, 6.45) is 1.38. The summed E-state index contributed by atoms with van der Waals surface area (Å²) in [4.78, 5) is 25.4. The number of benzene rings is 3. The summed E-state index contributed by atoms with van der Waals surface area (Å²) in [5.41, 5.74) is 1.54. The van der Waals surface area contributed by atoms with Gasteiger partial charge >= 0.3 is 5.97 Å². The largest absolute Gasteiger partial charge is 0.493 e. The fourth-order valence-corrected chi connectivity index (χ4v) is 3.39. The molecule has 0 spiro atoms. The van der Waals surface area contributed by atoms with Gasteiger partial charge in [-0.15, -0.1) is 0 Å². The average molecular weight is 481 g/mol. The van der Waals surface area contributed by atoms with Crippen LogP contribution in [0.2, 0.25) is 0 Å². The van der Waals surface area contributed by atoms with Gasteiger partial charge in [-0.1, -0.05) is 22.0 Å². The lowest BCUT2D eigenvalue weighted by Gasteiger charge is -2.10. The third-order valence-electron chi connectivity index (χ3n) is 4.73. The minimum atomic E-state index is -0.504. The second-order valence-electron chi connectivity index (χ2n) is 6.60. The number of hydrogen-bond acceptors (Lipinski definition) is 6. The lowest BCUT2D eigenvalue weighted by atomic mass is 10.0. The molecule has 0 saturated carbocycles. The van der Waals surface area contributed by atoms with Crippen LogP contribution >= 0.6 is 15.9 Å². The Morgan fingerprint density at radius 1 is 0.903 bits per heavy atom. The van der Waals surface area contributed by atoms with E-state index in [1.807, 2.05) is 0 Å². The molecule has 0 radical (unpaired) electrons. The highest BCUT2D eigenvalue weighted by Gasteiger charge is 2.14. The van der Waals surface area contributed by atoms with E-state index in [1.165, 1.54) is 19.4 Å². The number of hydrogen-bond donors (Lipinski definition) is 0. The number of ether oxygens (including phenoxy) is 3. The van der Waals surface area contributed by atoms with Crippen LogP contribution in [0.3, 0.4) is 0 Å². The van der Waals surface area contributed by atoms with Gasteiger partial charge in [0.05, 0.1) is 30.7 Å². The normalized spacial score (nSPS) is 10.7. The molecule has 6 nitrogen and oxygen atoms in total. The lowest BCUT2D eigenvalue weighted by molar-refractivity contribution is 0.0735. The topological polar surface area (TPSA) is 75.0 Å². The van der Waals surface area contributed by atoms with E-state index in [1.54, 1.807) is 61.7 Å². The number of carbonyl (C=O) groups excluding carboxylic acids is 1. The Morgan fingerprint density at radius 3 is 2.35 bits per heavy atom. The first-order chi connectivity index (χ1) is 15.0. The minimum Gasteiger partial charge on any atom is -0.493 e. The van der Waals surface area contributed by atoms with Crippen LogP contribution in [-0.4, -0.2) is 20.2 Å². The molecule has 0 saturated heterocycles. The van der Waals surface area contributed by atoms with Crippen molar-refractivity contribution in [1.29, 1.82) is 0 Å². The molecule has 3 aromatic carbocycles. The van der Waals surface area contributed by atoms with E-state index in [-0.39, 0.29) is 11.2 Å². The van der Waals surface area contributed by atoms with Gasteiger partial charge in [0.25, 0.3) is 0 Å². The van der Waals surface area contributed by atoms with Crippen LogP contribution in [0, 0.1) is 0 Å². The van der Waals surface area contributed by atoms with Crippen LogP contribution in [0.25, 0.3) is 22.1 Å². The molecular weight excluding hydrogens is 464 g/mol. The molecule has 0 amide bonds. The van der Waals surface area contributed by atoms with Gasteiger partial charge in [-0.05, 0) is 54.1 Å². The van der Waals surface area contributed by atoms with Gasteiger partial charge < -0.3 is 18.6 Å². The van der Waals surface area contributed by atoms with E-state index >= 15 is 0 Å². The number of halogens is 1. The van der Waals surface area contributed by atoms with Crippen molar-refractivity contribution < 1.29 is 23.4 Å². The molecular formula is C24H17BrO6. The van der Waals surface area contributed by atoms with Crippen molar-refractivity contribution >= 4 is 32.9 Å². The molecule has 4 rings (SSSR count). The zero-order valence-corrected chi connectivity index (χ0v) is 18.3. The van der Waals surface area contributed by atoms with Gasteiger partial charge in [-0.3, -0.25) is 4.79 Å². The van der Waals surface area contributed by atoms with E-state index in [2.05, 4.69) is 15.9 Å². The average Bonchev–Trinajstić information content (AvgIpc) is 2.79. The Morgan fingerprint density at radius 2 is 1.65 bits per heavy atom. The number of methoxy groups -OCH3 is 2. The molecule has 0 bridgehead atoms. The molecule has 0 fully saturated rings. The van der Waals surface area contributed by atoms with Gasteiger partial charge in [-0.2, -0.15) is 0 Å². The molecule has 7 heteroatoms. The van der Waals surface area contributed by atoms with Gasteiger partial charge in [0.1, 0.15) is 17.6 Å². The number of fused-ring (bicyclic) bond motifs is 1. The molecule has 31 heavy (non-hydrogen) atoms. The second-order valence-corrected chi connectivity index (χ2v) is 7.52. The van der Waals surface area contributed by atoms with Gasteiger partial charge in [0.15, 0.2) is 16.9 Å². The molecule has 0 aliphatic rings. The summed E-state index contributed by atoms with van der Waals surface area (Å²) in [5, 5.41) is 0.371. The highest BCUT2D eigenvalue weighted by atomic mass is 79.9. The van der Waals surface area contributed by atoms with E-state index in [0.717, 1.165) is 4.47 Å². The monoisotopic (exact) mass is 480 g/mol. The summed E-state index contributed by atoms with van der Waals surface area (Å²) in [5.74, 6) is 0.849. The highest BCUT2D eigenvalue weighted by Crippen LogP contribution is 2.32. The first kappa shape index (κ1) is 20.7. The van der Waals surface area contributed by atoms with Crippen LogP contribution in [0.4, 0.5) is 0 Å². The molecule has 4 aromatic rings. The molecule has 0 atom stereocenters. The fraction of sp³-hybridized carbons (Fsp3) is 0.0833. The lowest BCUT2D eigenvalue weighted by Crippen LogP contribution is -2.09. The summed E-state index contributed by atoms with van der Waals surface area (Å²) in [6, 6.07) is 16.7. The molecule has 0 aliphatic heterocycles. The van der Waals surface area contributed by atoms with Crippen LogP contribution in [0.5, 0.6) is 17.2 Å². The maximum atomic E-state index is 13.0. The van der Waals surface area contributed by atoms with Gasteiger partial charge in [-0.25, -0.2) is 4.79 Å². The van der Waals surface area contributed by atoms with Crippen LogP contribution < -0.4 is 19.6 Å². The molecule has 0 N–H and O–H groups in total. The summed E-state index contributed by atoms with van der Waals surface area (Å²) < 4.78 is 22.5. The predicted molar refractivity (Wildman–Crippen MR) is 120 cm³/mol. The summed E-state index contributed by atoms with van der Waals surface area (Å²) in [6.45, 7) is 0. The van der Waals surface area contributed by atoms with E-state index in [0.29, 0.717) is 39.2 Å². The Hall–Kier alpha value is -3.58. The smallest absolute Gasteiger partial charge is 0.343 e. The van der Waals surface area contributed by atoms with Crippen molar-refractivity contribution in [3.63, 3.8) is 0 Å². The first-order valence-electron chi connectivity index (χ1n) is 9.26. The summed E-state index contributed by atoms with van der Waals surface area (Å²) >= 11 is 3.33. The highest BCUT2D eigenvalue weighted by molar-refractivity contribution is 9.10. The van der Waals surface area contributed by atoms with Crippen molar-refractivity contribution in [2.45, 2.75) is 0 Å².